The maximum absolute atomic E-state index is 12.5. The molecule has 0 aliphatic carbocycles. The molecule has 1 heterocycles. The number of piperidine rings is 1. The summed E-state index contributed by atoms with van der Waals surface area (Å²) < 4.78 is 37.4. The number of hydrogen-bond donors (Lipinski definition) is 1. The van der Waals surface area contributed by atoms with Crippen molar-refractivity contribution < 1.29 is 23.1 Å². The standard InChI is InChI=1S/C17H20F3NO2/c1-12(22)14-3-2-10-21(11-14)16(23)9-6-13-4-7-15(8-5-13)17(18,19)20/h4-9,12,14,22H,2-3,10-11H2,1H3/b9-6+. The van der Waals surface area contributed by atoms with E-state index in [4.69, 9.17) is 0 Å². The van der Waals surface area contributed by atoms with Crippen LogP contribution in [0, 0.1) is 5.92 Å². The smallest absolute Gasteiger partial charge is 0.393 e. The molecule has 0 radical (unpaired) electrons. The molecular weight excluding hydrogens is 307 g/mol. The zero-order chi connectivity index (χ0) is 17.0. The van der Waals surface area contributed by atoms with Gasteiger partial charge >= 0.3 is 6.18 Å². The predicted octanol–water partition coefficient (Wildman–Crippen LogP) is 3.34. The van der Waals surface area contributed by atoms with E-state index in [1.165, 1.54) is 24.3 Å². The summed E-state index contributed by atoms with van der Waals surface area (Å²) in [6, 6.07) is 4.66. The van der Waals surface area contributed by atoms with E-state index in [9.17, 15) is 23.1 Å². The van der Waals surface area contributed by atoms with E-state index >= 15 is 0 Å². The van der Waals surface area contributed by atoms with E-state index in [0.717, 1.165) is 25.0 Å². The number of alkyl halides is 3. The highest BCUT2D eigenvalue weighted by Crippen LogP contribution is 2.29. The van der Waals surface area contributed by atoms with Crippen LogP contribution in [-0.2, 0) is 11.0 Å². The van der Waals surface area contributed by atoms with E-state index in [2.05, 4.69) is 0 Å². The van der Waals surface area contributed by atoms with Crippen molar-refractivity contribution >= 4 is 12.0 Å². The first kappa shape index (κ1) is 17.5. The van der Waals surface area contributed by atoms with Crippen molar-refractivity contribution in [3.63, 3.8) is 0 Å². The molecule has 6 heteroatoms. The van der Waals surface area contributed by atoms with Gasteiger partial charge in [0.05, 0.1) is 11.7 Å². The summed E-state index contributed by atoms with van der Waals surface area (Å²) in [4.78, 5) is 13.8. The van der Waals surface area contributed by atoms with Gasteiger partial charge in [-0.3, -0.25) is 4.79 Å². The number of aliphatic hydroxyl groups excluding tert-OH is 1. The van der Waals surface area contributed by atoms with Crippen LogP contribution in [0.15, 0.2) is 30.3 Å². The van der Waals surface area contributed by atoms with Gasteiger partial charge in [-0.25, -0.2) is 0 Å². The molecule has 126 valence electrons. The Bertz CT molecular complexity index is 564. The first-order valence-corrected chi connectivity index (χ1v) is 7.59. The zero-order valence-electron chi connectivity index (χ0n) is 12.9. The van der Waals surface area contributed by atoms with Crippen LogP contribution in [0.25, 0.3) is 6.08 Å². The molecule has 1 amide bonds. The number of carbonyl (C=O) groups is 1. The molecule has 0 aromatic heterocycles. The van der Waals surface area contributed by atoms with Gasteiger partial charge in [-0.1, -0.05) is 12.1 Å². The lowest BCUT2D eigenvalue weighted by atomic mass is 9.93. The van der Waals surface area contributed by atoms with Crippen LogP contribution in [0.2, 0.25) is 0 Å². The molecule has 1 aliphatic heterocycles. The molecule has 0 saturated carbocycles. The summed E-state index contributed by atoms with van der Waals surface area (Å²) in [6.07, 6.45) is -0.201. The molecule has 2 atom stereocenters. The van der Waals surface area contributed by atoms with E-state index in [0.29, 0.717) is 18.7 Å². The lowest BCUT2D eigenvalue weighted by Crippen LogP contribution is -2.42. The Morgan fingerprint density at radius 2 is 2.00 bits per heavy atom. The minimum atomic E-state index is -4.36. The number of likely N-dealkylation sites (tertiary alicyclic amines) is 1. The Morgan fingerprint density at radius 3 is 2.57 bits per heavy atom. The van der Waals surface area contributed by atoms with Crippen molar-refractivity contribution in [3.05, 3.63) is 41.5 Å². The second kappa shape index (κ2) is 7.17. The second-order valence-electron chi connectivity index (χ2n) is 5.88. The van der Waals surface area contributed by atoms with E-state index in [-0.39, 0.29) is 11.8 Å². The number of hydrogen-bond acceptors (Lipinski definition) is 2. The highest BCUT2D eigenvalue weighted by Gasteiger charge is 2.30. The van der Waals surface area contributed by atoms with Crippen molar-refractivity contribution in [2.24, 2.45) is 5.92 Å². The lowest BCUT2D eigenvalue weighted by molar-refractivity contribution is -0.137. The van der Waals surface area contributed by atoms with E-state index in [1.54, 1.807) is 11.8 Å². The maximum Gasteiger partial charge on any atom is 0.416 e. The van der Waals surface area contributed by atoms with Gasteiger partial charge in [-0.05, 0) is 43.5 Å². The quantitative estimate of drug-likeness (QED) is 0.865. The normalized spacial score (nSPS) is 20.7. The summed E-state index contributed by atoms with van der Waals surface area (Å²) in [5.41, 5.74) is -0.174. The zero-order valence-corrected chi connectivity index (χ0v) is 12.9. The minimum Gasteiger partial charge on any atom is -0.393 e. The number of carbonyl (C=O) groups excluding carboxylic acids is 1. The SMILES string of the molecule is CC(O)C1CCCN(C(=O)/C=C/c2ccc(C(F)(F)F)cc2)C1. The molecule has 1 saturated heterocycles. The van der Waals surface area contributed by atoms with Gasteiger partial charge in [0.25, 0.3) is 0 Å². The average molecular weight is 327 g/mol. The molecule has 0 spiro atoms. The number of rotatable bonds is 3. The molecule has 2 rings (SSSR count). The highest BCUT2D eigenvalue weighted by molar-refractivity contribution is 5.91. The topological polar surface area (TPSA) is 40.5 Å². The monoisotopic (exact) mass is 327 g/mol. The predicted molar refractivity (Wildman–Crippen MR) is 81.5 cm³/mol. The van der Waals surface area contributed by atoms with Crippen LogP contribution >= 0.6 is 0 Å². The third kappa shape index (κ3) is 4.82. The molecule has 1 aliphatic rings. The van der Waals surface area contributed by atoms with E-state index < -0.39 is 17.8 Å². The van der Waals surface area contributed by atoms with Crippen LogP contribution in [-0.4, -0.2) is 35.1 Å². The molecule has 2 unspecified atom stereocenters. The first-order valence-electron chi connectivity index (χ1n) is 7.59. The number of halogens is 3. The Kier molecular flexibility index (Phi) is 5.46. The fourth-order valence-electron chi connectivity index (χ4n) is 2.66. The van der Waals surface area contributed by atoms with Crippen LogP contribution in [0.3, 0.4) is 0 Å². The van der Waals surface area contributed by atoms with Gasteiger partial charge in [-0.2, -0.15) is 13.2 Å². The molecule has 1 aromatic carbocycles. The van der Waals surface area contributed by atoms with Gasteiger partial charge < -0.3 is 10.0 Å². The van der Waals surface area contributed by atoms with Crippen molar-refractivity contribution in [1.29, 1.82) is 0 Å². The molecule has 1 aromatic rings. The second-order valence-corrected chi connectivity index (χ2v) is 5.88. The van der Waals surface area contributed by atoms with Gasteiger partial charge in [0, 0.05) is 25.1 Å². The summed E-state index contributed by atoms with van der Waals surface area (Å²) in [5.74, 6) is -0.109. The molecule has 0 bridgehead atoms. The number of amides is 1. The van der Waals surface area contributed by atoms with Crippen LogP contribution in [0.5, 0.6) is 0 Å². The third-order valence-electron chi connectivity index (χ3n) is 4.11. The Hall–Kier alpha value is -1.82. The minimum absolute atomic E-state index is 0.0761. The van der Waals surface area contributed by atoms with Gasteiger partial charge in [0.1, 0.15) is 0 Å². The molecule has 1 N–H and O–H groups in total. The van der Waals surface area contributed by atoms with Crippen molar-refractivity contribution in [2.75, 3.05) is 13.1 Å². The van der Waals surface area contributed by atoms with Crippen LogP contribution in [0.1, 0.15) is 30.9 Å². The summed E-state index contributed by atoms with van der Waals surface area (Å²) in [6.45, 7) is 2.87. The van der Waals surface area contributed by atoms with Gasteiger partial charge in [0.2, 0.25) is 5.91 Å². The lowest BCUT2D eigenvalue weighted by Gasteiger charge is -2.33. The highest BCUT2D eigenvalue weighted by atomic mass is 19.4. The summed E-state index contributed by atoms with van der Waals surface area (Å²) in [7, 11) is 0. The van der Waals surface area contributed by atoms with Crippen molar-refractivity contribution in [1.82, 2.24) is 4.90 Å². The number of benzene rings is 1. The van der Waals surface area contributed by atoms with Gasteiger partial charge in [-0.15, -0.1) is 0 Å². The number of aliphatic hydroxyl groups is 1. The van der Waals surface area contributed by atoms with Crippen molar-refractivity contribution in [2.45, 2.75) is 32.0 Å². The van der Waals surface area contributed by atoms with E-state index in [1.807, 2.05) is 0 Å². The third-order valence-corrected chi connectivity index (χ3v) is 4.11. The Morgan fingerprint density at radius 1 is 1.35 bits per heavy atom. The average Bonchev–Trinajstić information content (AvgIpc) is 2.52. The molecule has 1 fully saturated rings. The number of nitrogens with zero attached hydrogens (tertiary/aromatic N) is 1. The Balaban J connectivity index is 1.98. The Labute approximate surface area is 133 Å². The van der Waals surface area contributed by atoms with Crippen LogP contribution in [0.4, 0.5) is 13.2 Å². The maximum atomic E-state index is 12.5. The van der Waals surface area contributed by atoms with Crippen molar-refractivity contribution in [3.8, 4) is 0 Å². The molecular formula is C17H20F3NO2. The largest absolute Gasteiger partial charge is 0.416 e. The first-order chi connectivity index (χ1) is 10.8. The molecule has 3 nitrogen and oxygen atoms in total. The molecule has 23 heavy (non-hydrogen) atoms. The van der Waals surface area contributed by atoms with Crippen LogP contribution < -0.4 is 0 Å². The van der Waals surface area contributed by atoms with Gasteiger partial charge in [0.15, 0.2) is 0 Å². The summed E-state index contributed by atoms with van der Waals surface area (Å²) in [5, 5.41) is 9.63. The summed E-state index contributed by atoms with van der Waals surface area (Å²) >= 11 is 0. The fraction of sp³-hybridized carbons (Fsp3) is 0.471. The fourth-order valence-corrected chi connectivity index (χ4v) is 2.66.